The summed E-state index contributed by atoms with van der Waals surface area (Å²) in [6.45, 7) is 9.03. The van der Waals surface area contributed by atoms with E-state index in [1.165, 1.54) is 19.3 Å². The van der Waals surface area contributed by atoms with Gasteiger partial charge in [0.2, 0.25) is 5.91 Å². The minimum absolute atomic E-state index is 0.375. The van der Waals surface area contributed by atoms with Crippen LogP contribution in [-0.4, -0.2) is 37.0 Å². The van der Waals surface area contributed by atoms with Gasteiger partial charge in [0.1, 0.15) is 0 Å². The van der Waals surface area contributed by atoms with E-state index in [0.29, 0.717) is 22.7 Å². The van der Waals surface area contributed by atoms with Crippen LogP contribution in [0.2, 0.25) is 0 Å². The highest BCUT2D eigenvalue weighted by molar-refractivity contribution is 5.83. The number of likely N-dealkylation sites (tertiary alicyclic amines) is 1. The Kier molecular flexibility index (Phi) is 2.07. The van der Waals surface area contributed by atoms with Crippen molar-refractivity contribution >= 4 is 5.91 Å². The maximum atomic E-state index is 12.6. The Morgan fingerprint density at radius 2 is 1.78 bits per heavy atom. The van der Waals surface area contributed by atoms with Crippen LogP contribution in [0.4, 0.5) is 0 Å². The highest BCUT2D eigenvalue weighted by Crippen LogP contribution is 2.64. The fourth-order valence-electron chi connectivity index (χ4n) is 4.71. The van der Waals surface area contributed by atoms with Gasteiger partial charge in [-0.05, 0) is 55.0 Å². The number of fused-ring (bicyclic) bond motifs is 1. The van der Waals surface area contributed by atoms with Crippen molar-refractivity contribution in [3.8, 4) is 0 Å². The van der Waals surface area contributed by atoms with Crippen molar-refractivity contribution in [3.63, 3.8) is 0 Å². The molecule has 1 N–H and O–H groups in total. The van der Waals surface area contributed by atoms with Gasteiger partial charge >= 0.3 is 0 Å². The molecule has 1 amide bonds. The van der Waals surface area contributed by atoms with Gasteiger partial charge in [-0.2, -0.15) is 0 Å². The molecule has 4 rings (SSSR count). The van der Waals surface area contributed by atoms with Gasteiger partial charge in [-0.25, -0.2) is 0 Å². The number of piperidine rings is 2. The molecule has 100 valence electrons. The van der Waals surface area contributed by atoms with Gasteiger partial charge in [-0.3, -0.25) is 4.79 Å². The van der Waals surface area contributed by atoms with E-state index in [0.717, 1.165) is 38.0 Å². The predicted molar refractivity (Wildman–Crippen MR) is 70.0 cm³/mol. The van der Waals surface area contributed by atoms with E-state index in [1.807, 2.05) is 0 Å². The first kappa shape index (κ1) is 11.3. The predicted octanol–water partition coefficient (Wildman–Crippen LogP) is 1.49. The molecule has 0 aromatic rings. The molecule has 0 aromatic heterocycles. The molecule has 0 radical (unpaired) electrons. The van der Waals surface area contributed by atoms with Gasteiger partial charge in [0, 0.05) is 19.0 Å². The minimum Gasteiger partial charge on any atom is -0.342 e. The van der Waals surface area contributed by atoms with Crippen LogP contribution in [0.25, 0.3) is 0 Å². The lowest BCUT2D eigenvalue weighted by molar-refractivity contribution is -0.133. The van der Waals surface area contributed by atoms with Gasteiger partial charge < -0.3 is 10.2 Å². The summed E-state index contributed by atoms with van der Waals surface area (Å²) in [6, 6.07) is 0. The number of carbonyl (C=O) groups excluding carboxylic acids is 1. The SMILES string of the molecule is CC1(C)C2CN(C(=O)C3CC34CCNCC4)CC21. The van der Waals surface area contributed by atoms with Crippen LogP contribution in [-0.2, 0) is 4.79 Å². The molecule has 2 aliphatic carbocycles. The number of carbonyl (C=O) groups is 1. The lowest BCUT2D eigenvalue weighted by atomic mass is 9.91. The average Bonchev–Trinajstić information content (AvgIpc) is 3.06. The quantitative estimate of drug-likeness (QED) is 0.762. The standard InChI is InChI=1S/C15H24N2O/c1-14(2)11-8-17(9-12(11)14)13(18)10-7-15(10)3-5-16-6-4-15/h10-12,16H,3-9H2,1-2H3. The van der Waals surface area contributed by atoms with Crippen molar-refractivity contribution < 1.29 is 4.79 Å². The van der Waals surface area contributed by atoms with E-state index in [4.69, 9.17) is 0 Å². The molecule has 18 heavy (non-hydrogen) atoms. The summed E-state index contributed by atoms with van der Waals surface area (Å²) in [7, 11) is 0. The molecule has 2 saturated carbocycles. The van der Waals surface area contributed by atoms with Crippen molar-refractivity contribution in [1.82, 2.24) is 10.2 Å². The van der Waals surface area contributed by atoms with Crippen molar-refractivity contribution in [2.24, 2.45) is 28.6 Å². The molecule has 4 aliphatic rings. The lowest BCUT2D eigenvalue weighted by Gasteiger charge is -2.26. The first-order valence-corrected chi connectivity index (χ1v) is 7.54. The zero-order chi connectivity index (χ0) is 12.5. The van der Waals surface area contributed by atoms with Crippen LogP contribution in [0.1, 0.15) is 33.1 Å². The molecule has 2 saturated heterocycles. The highest BCUT2D eigenvalue weighted by atomic mass is 16.2. The number of amides is 1. The highest BCUT2D eigenvalue weighted by Gasteiger charge is 2.65. The molecule has 3 atom stereocenters. The van der Waals surface area contributed by atoms with E-state index >= 15 is 0 Å². The molecule has 2 heterocycles. The Labute approximate surface area is 109 Å². The van der Waals surface area contributed by atoms with Crippen molar-refractivity contribution in [2.45, 2.75) is 33.1 Å². The molecule has 0 bridgehead atoms. The Balaban J connectivity index is 1.39. The van der Waals surface area contributed by atoms with Crippen molar-refractivity contribution in [1.29, 1.82) is 0 Å². The Bertz CT molecular complexity index is 383. The molecule has 1 spiro atoms. The lowest BCUT2D eigenvalue weighted by Crippen LogP contribution is -2.37. The second-order valence-electron chi connectivity index (χ2n) is 7.65. The van der Waals surface area contributed by atoms with Gasteiger partial charge in [0.15, 0.2) is 0 Å². The van der Waals surface area contributed by atoms with E-state index in [-0.39, 0.29) is 0 Å². The Hall–Kier alpha value is -0.570. The molecule has 4 fully saturated rings. The van der Waals surface area contributed by atoms with Gasteiger partial charge in [-0.1, -0.05) is 13.8 Å². The summed E-state index contributed by atoms with van der Waals surface area (Å²) >= 11 is 0. The van der Waals surface area contributed by atoms with Crippen LogP contribution in [0, 0.1) is 28.6 Å². The van der Waals surface area contributed by atoms with E-state index < -0.39 is 0 Å². The molecule has 3 nitrogen and oxygen atoms in total. The smallest absolute Gasteiger partial charge is 0.226 e. The van der Waals surface area contributed by atoms with Crippen molar-refractivity contribution in [3.05, 3.63) is 0 Å². The average molecular weight is 248 g/mol. The van der Waals surface area contributed by atoms with E-state index in [9.17, 15) is 4.79 Å². The van der Waals surface area contributed by atoms with Gasteiger partial charge in [0.25, 0.3) is 0 Å². The molecule has 2 aliphatic heterocycles. The normalized spacial score (nSPS) is 42.8. The van der Waals surface area contributed by atoms with Crippen LogP contribution in [0.15, 0.2) is 0 Å². The molecule has 3 heteroatoms. The number of hydrogen-bond donors (Lipinski definition) is 1. The summed E-state index contributed by atoms with van der Waals surface area (Å²) < 4.78 is 0. The first-order chi connectivity index (χ1) is 8.55. The van der Waals surface area contributed by atoms with Crippen molar-refractivity contribution in [2.75, 3.05) is 26.2 Å². The third-order valence-corrected chi connectivity index (χ3v) is 6.52. The van der Waals surface area contributed by atoms with Gasteiger partial charge in [0.05, 0.1) is 0 Å². The largest absolute Gasteiger partial charge is 0.342 e. The third-order valence-electron chi connectivity index (χ3n) is 6.52. The second-order valence-corrected chi connectivity index (χ2v) is 7.65. The monoisotopic (exact) mass is 248 g/mol. The summed E-state index contributed by atoms with van der Waals surface area (Å²) in [5.41, 5.74) is 0.928. The number of rotatable bonds is 1. The fraction of sp³-hybridized carbons (Fsp3) is 0.933. The van der Waals surface area contributed by atoms with Gasteiger partial charge in [-0.15, -0.1) is 0 Å². The first-order valence-electron chi connectivity index (χ1n) is 7.54. The minimum atomic E-state index is 0.375. The zero-order valence-corrected chi connectivity index (χ0v) is 11.5. The van der Waals surface area contributed by atoms with Crippen LogP contribution in [0.3, 0.4) is 0 Å². The van der Waals surface area contributed by atoms with E-state index in [2.05, 4.69) is 24.1 Å². The zero-order valence-electron chi connectivity index (χ0n) is 11.5. The summed E-state index contributed by atoms with van der Waals surface area (Å²) in [6.07, 6.45) is 3.61. The third kappa shape index (κ3) is 1.37. The molecule has 3 unspecified atom stereocenters. The van der Waals surface area contributed by atoms with Crippen LogP contribution < -0.4 is 5.32 Å². The summed E-state index contributed by atoms with van der Waals surface area (Å²) in [5, 5.41) is 3.41. The number of nitrogens with one attached hydrogen (secondary N) is 1. The topological polar surface area (TPSA) is 32.3 Å². The summed E-state index contributed by atoms with van der Waals surface area (Å²) in [4.78, 5) is 14.7. The number of nitrogens with zero attached hydrogens (tertiary/aromatic N) is 1. The van der Waals surface area contributed by atoms with Crippen LogP contribution >= 0.6 is 0 Å². The molecular formula is C15H24N2O. The fourth-order valence-corrected chi connectivity index (χ4v) is 4.71. The molecule has 0 aromatic carbocycles. The Morgan fingerprint density at radius 3 is 2.39 bits per heavy atom. The van der Waals surface area contributed by atoms with Crippen LogP contribution in [0.5, 0.6) is 0 Å². The summed E-state index contributed by atoms with van der Waals surface area (Å²) in [5.74, 6) is 2.45. The maximum Gasteiger partial charge on any atom is 0.226 e. The molecular weight excluding hydrogens is 224 g/mol. The van der Waals surface area contributed by atoms with E-state index in [1.54, 1.807) is 0 Å². The number of hydrogen-bond acceptors (Lipinski definition) is 2. The second kappa shape index (κ2) is 3.30. The Morgan fingerprint density at radius 1 is 1.17 bits per heavy atom. The maximum absolute atomic E-state index is 12.6.